The number of ether oxygens (including phenoxy) is 2. The van der Waals surface area contributed by atoms with Crippen molar-refractivity contribution >= 4 is 12.1 Å². The summed E-state index contributed by atoms with van der Waals surface area (Å²) in [5, 5.41) is 0. The van der Waals surface area contributed by atoms with Gasteiger partial charge in [-0.25, -0.2) is 9.59 Å². The van der Waals surface area contributed by atoms with E-state index in [1.165, 1.54) is 6.92 Å². The molecule has 0 unspecified atom stereocenters. The lowest BCUT2D eigenvalue weighted by Gasteiger charge is -2.12. The Hall–Kier alpha value is -1.06. The first-order chi connectivity index (χ1) is 4.58. The zero-order valence-corrected chi connectivity index (χ0v) is 5.84. The number of carbonyl (C=O) groups excluding carboxylic acids is 2. The van der Waals surface area contributed by atoms with Crippen molar-refractivity contribution in [2.24, 2.45) is 0 Å². The van der Waals surface area contributed by atoms with Gasteiger partial charge in [-0.3, -0.25) is 0 Å². The number of hydrogen-bond acceptors (Lipinski definition) is 4. The van der Waals surface area contributed by atoms with Gasteiger partial charge in [0.2, 0.25) is 5.60 Å². The van der Waals surface area contributed by atoms with Gasteiger partial charge < -0.3 is 9.47 Å². The van der Waals surface area contributed by atoms with Crippen LogP contribution in [0.4, 0.5) is 4.79 Å². The number of cyclic esters (lactones) is 3. The van der Waals surface area contributed by atoms with Gasteiger partial charge in [-0.2, -0.15) is 0 Å². The lowest BCUT2D eigenvalue weighted by molar-refractivity contribution is -0.142. The molecule has 1 saturated heterocycles. The molecule has 56 valence electrons. The van der Waals surface area contributed by atoms with Crippen molar-refractivity contribution in [3.8, 4) is 0 Å². The number of rotatable bonds is 1. The predicted octanol–water partition coefficient (Wildman–Crippen LogP) is 0.849. The Labute approximate surface area is 58.1 Å². The molecule has 4 heteroatoms. The summed E-state index contributed by atoms with van der Waals surface area (Å²) in [5.74, 6) is -0.597. The summed E-state index contributed by atoms with van der Waals surface area (Å²) in [5.41, 5.74) is -1.04. The van der Waals surface area contributed by atoms with E-state index >= 15 is 0 Å². The molecule has 0 aromatic rings. The van der Waals surface area contributed by atoms with Gasteiger partial charge in [0.05, 0.1) is 0 Å². The maximum absolute atomic E-state index is 10.8. The Morgan fingerprint density at radius 3 is 2.30 bits per heavy atom. The van der Waals surface area contributed by atoms with Gasteiger partial charge in [0.15, 0.2) is 0 Å². The van der Waals surface area contributed by atoms with Crippen LogP contribution in [0.2, 0.25) is 0 Å². The van der Waals surface area contributed by atoms with E-state index in [1.807, 2.05) is 0 Å². The fourth-order valence-electron chi connectivity index (χ4n) is 0.647. The normalized spacial score (nSPS) is 31.8. The summed E-state index contributed by atoms with van der Waals surface area (Å²) in [6.07, 6.45) is -0.452. The molecule has 0 aromatic heterocycles. The van der Waals surface area contributed by atoms with Crippen LogP contribution in [0.25, 0.3) is 0 Å². The smallest absolute Gasteiger partial charge is 0.416 e. The molecule has 0 saturated carbocycles. The van der Waals surface area contributed by atoms with E-state index in [0.717, 1.165) is 0 Å². The zero-order valence-electron chi connectivity index (χ0n) is 5.84. The van der Waals surface area contributed by atoms with E-state index < -0.39 is 17.7 Å². The Bertz CT molecular complexity index is 186. The average molecular weight is 144 g/mol. The van der Waals surface area contributed by atoms with Crippen LogP contribution in [0, 0.1) is 0 Å². The fraction of sp³-hybridized carbons (Fsp3) is 0.667. The van der Waals surface area contributed by atoms with Crippen LogP contribution in [0.1, 0.15) is 20.3 Å². The third-order valence-corrected chi connectivity index (χ3v) is 1.59. The Morgan fingerprint density at radius 1 is 1.50 bits per heavy atom. The molecule has 10 heavy (non-hydrogen) atoms. The summed E-state index contributed by atoms with van der Waals surface area (Å²) in [7, 11) is 0. The molecular formula is C6H8O4. The Morgan fingerprint density at radius 2 is 2.10 bits per heavy atom. The second-order valence-corrected chi connectivity index (χ2v) is 2.33. The van der Waals surface area contributed by atoms with Crippen molar-refractivity contribution in [2.45, 2.75) is 25.9 Å². The first kappa shape index (κ1) is 7.05. The lowest BCUT2D eigenvalue weighted by atomic mass is 10.1. The predicted molar refractivity (Wildman–Crippen MR) is 31.3 cm³/mol. The summed E-state index contributed by atoms with van der Waals surface area (Å²) >= 11 is 0. The van der Waals surface area contributed by atoms with E-state index in [1.54, 1.807) is 6.92 Å². The van der Waals surface area contributed by atoms with Crippen LogP contribution < -0.4 is 0 Å². The molecule has 0 N–H and O–H groups in total. The highest BCUT2D eigenvalue weighted by Gasteiger charge is 2.45. The van der Waals surface area contributed by atoms with E-state index in [2.05, 4.69) is 9.47 Å². The molecule has 1 fully saturated rings. The Balaban J connectivity index is 2.80. The number of esters is 1. The molecule has 0 radical (unpaired) electrons. The molecule has 1 aliphatic rings. The van der Waals surface area contributed by atoms with Crippen molar-refractivity contribution in [3.05, 3.63) is 0 Å². The molecule has 1 aliphatic heterocycles. The molecule has 1 rings (SSSR count). The van der Waals surface area contributed by atoms with Gasteiger partial charge >= 0.3 is 12.1 Å². The number of carbonyl (C=O) groups is 2. The zero-order chi connectivity index (χ0) is 7.78. The highest BCUT2D eigenvalue weighted by molar-refractivity contribution is 5.93. The standard InChI is InChI=1S/C6H8O4/c1-3-6(2)4(7)9-5(8)10-6/h3H2,1-2H3/t6-/m0/s1. The average Bonchev–Trinajstić information content (AvgIpc) is 2.09. The van der Waals surface area contributed by atoms with Crippen LogP contribution in [0.3, 0.4) is 0 Å². The summed E-state index contributed by atoms with van der Waals surface area (Å²) < 4.78 is 8.77. The minimum absolute atomic E-state index is 0.442. The second kappa shape index (κ2) is 1.97. The molecule has 0 aliphatic carbocycles. The molecule has 0 bridgehead atoms. The monoisotopic (exact) mass is 144 g/mol. The molecular weight excluding hydrogens is 136 g/mol. The minimum Gasteiger partial charge on any atom is -0.416 e. The third-order valence-electron chi connectivity index (χ3n) is 1.59. The first-order valence-corrected chi connectivity index (χ1v) is 3.04. The van der Waals surface area contributed by atoms with Crippen molar-refractivity contribution in [3.63, 3.8) is 0 Å². The van der Waals surface area contributed by atoms with Gasteiger partial charge in [0, 0.05) is 0 Å². The van der Waals surface area contributed by atoms with E-state index in [9.17, 15) is 9.59 Å². The second-order valence-electron chi connectivity index (χ2n) is 2.33. The summed E-state index contributed by atoms with van der Waals surface area (Å²) in [6.45, 7) is 3.28. The fourth-order valence-corrected chi connectivity index (χ4v) is 0.647. The van der Waals surface area contributed by atoms with Gasteiger partial charge in [-0.15, -0.1) is 0 Å². The molecule has 1 heterocycles. The maximum atomic E-state index is 10.8. The molecule has 4 nitrogen and oxygen atoms in total. The third kappa shape index (κ3) is 0.853. The van der Waals surface area contributed by atoms with E-state index in [0.29, 0.717) is 6.42 Å². The van der Waals surface area contributed by atoms with E-state index in [-0.39, 0.29) is 0 Å². The first-order valence-electron chi connectivity index (χ1n) is 3.04. The quantitative estimate of drug-likeness (QED) is 0.404. The molecule has 0 spiro atoms. The number of hydrogen-bond donors (Lipinski definition) is 0. The van der Waals surface area contributed by atoms with Gasteiger partial charge in [-0.1, -0.05) is 6.92 Å². The summed E-state index contributed by atoms with van der Waals surface area (Å²) in [4.78, 5) is 21.1. The molecule has 0 aromatic carbocycles. The van der Waals surface area contributed by atoms with Crippen LogP contribution in [-0.4, -0.2) is 17.7 Å². The van der Waals surface area contributed by atoms with Crippen molar-refractivity contribution < 1.29 is 19.1 Å². The minimum atomic E-state index is -1.04. The van der Waals surface area contributed by atoms with Crippen LogP contribution in [0.5, 0.6) is 0 Å². The van der Waals surface area contributed by atoms with Crippen LogP contribution in [-0.2, 0) is 14.3 Å². The van der Waals surface area contributed by atoms with Gasteiger partial charge in [-0.05, 0) is 13.3 Å². The Kier molecular flexibility index (Phi) is 1.39. The van der Waals surface area contributed by atoms with Crippen molar-refractivity contribution in [2.75, 3.05) is 0 Å². The topological polar surface area (TPSA) is 52.6 Å². The summed E-state index contributed by atoms with van der Waals surface area (Å²) in [6, 6.07) is 0. The van der Waals surface area contributed by atoms with E-state index in [4.69, 9.17) is 0 Å². The highest BCUT2D eigenvalue weighted by Crippen LogP contribution is 2.23. The highest BCUT2D eigenvalue weighted by atomic mass is 16.8. The lowest BCUT2D eigenvalue weighted by Crippen LogP contribution is -2.31. The van der Waals surface area contributed by atoms with Gasteiger partial charge in [0.1, 0.15) is 0 Å². The SMILES string of the molecule is CC[C@]1(C)OC(=O)OC1=O. The maximum Gasteiger partial charge on any atom is 0.517 e. The van der Waals surface area contributed by atoms with Crippen LogP contribution >= 0.6 is 0 Å². The van der Waals surface area contributed by atoms with Crippen LogP contribution in [0.15, 0.2) is 0 Å². The van der Waals surface area contributed by atoms with Crippen molar-refractivity contribution in [1.29, 1.82) is 0 Å². The molecule has 1 atom stereocenters. The van der Waals surface area contributed by atoms with Gasteiger partial charge in [0.25, 0.3) is 0 Å². The molecule has 0 amide bonds. The largest absolute Gasteiger partial charge is 0.517 e. The van der Waals surface area contributed by atoms with Crippen molar-refractivity contribution in [1.82, 2.24) is 0 Å².